The number of unbranched alkanes of at least 4 members (excludes halogenated alkanes) is 17. The third-order valence-corrected chi connectivity index (χ3v) is 8.28. The maximum absolute atomic E-state index is 11.2. The molecule has 46 heavy (non-hydrogen) atoms. The van der Waals surface area contributed by atoms with Gasteiger partial charge in [-0.15, -0.1) is 0 Å². The Labute approximate surface area is 286 Å². The van der Waals surface area contributed by atoms with Gasteiger partial charge in [-0.2, -0.15) is 0 Å². The third-order valence-electron chi connectivity index (χ3n) is 8.28. The summed E-state index contributed by atoms with van der Waals surface area (Å²) >= 11 is 0. The van der Waals surface area contributed by atoms with Crippen molar-refractivity contribution >= 4 is 17.9 Å². The molecule has 6 heteroatoms. The monoisotopic (exact) mass is 657 g/mol. The fraction of sp³-hybridized carbons (Fsp3) is 0.925. The van der Waals surface area contributed by atoms with Crippen molar-refractivity contribution in [3.63, 3.8) is 0 Å². The second-order valence-corrected chi connectivity index (χ2v) is 14.1. The minimum absolute atomic E-state index is 0.0212. The summed E-state index contributed by atoms with van der Waals surface area (Å²) in [5.74, 6) is -0.162. The lowest BCUT2D eigenvalue weighted by Crippen LogP contribution is -2.14. The SMILES string of the molecule is CCCCCCCC(=O)OCCC(C)C.CCCCCCCCCC(=O)O.CCCCCCCCCCC(CCC(C)C)C(=O)O. The van der Waals surface area contributed by atoms with E-state index in [1.807, 2.05) is 0 Å². The fourth-order valence-corrected chi connectivity index (χ4v) is 5.04. The van der Waals surface area contributed by atoms with Gasteiger partial charge in [-0.25, -0.2) is 0 Å². The molecule has 0 bridgehead atoms. The summed E-state index contributed by atoms with van der Waals surface area (Å²) in [6, 6.07) is 0. The Balaban J connectivity index is -0.000000620. The highest BCUT2D eigenvalue weighted by Crippen LogP contribution is 2.20. The van der Waals surface area contributed by atoms with Crippen LogP contribution in [0.1, 0.15) is 215 Å². The minimum atomic E-state index is -0.663. The number of carbonyl (C=O) groups is 3. The highest BCUT2D eigenvalue weighted by molar-refractivity contribution is 5.70. The van der Waals surface area contributed by atoms with Crippen LogP contribution in [0.25, 0.3) is 0 Å². The van der Waals surface area contributed by atoms with Gasteiger partial charge in [0, 0.05) is 12.8 Å². The first-order valence-corrected chi connectivity index (χ1v) is 19.6. The maximum atomic E-state index is 11.2. The summed E-state index contributed by atoms with van der Waals surface area (Å²) < 4.78 is 5.12. The van der Waals surface area contributed by atoms with Crippen molar-refractivity contribution in [2.45, 2.75) is 215 Å². The zero-order chi connectivity index (χ0) is 35.3. The normalized spacial score (nSPS) is 11.4. The lowest BCUT2D eigenvalue weighted by atomic mass is 9.93. The van der Waals surface area contributed by atoms with Gasteiger partial charge in [-0.1, -0.05) is 170 Å². The molecule has 0 aliphatic heterocycles. The van der Waals surface area contributed by atoms with E-state index in [0.29, 0.717) is 31.3 Å². The van der Waals surface area contributed by atoms with Crippen LogP contribution in [0, 0.1) is 17.8 Å². The molecule has 0 spiro atoms. The second-order valence-electron chi connectivity index (χ2n) is 14.1. The number of esters is 1. The average Bonchev–Trinajstić information content (AvgIpc) is 2.99. The van der Waals surface area contributed by atoms with Crippen molar-refractivity contribution in [2.24, 2.45) is 17.8 Å². The number of carboxylic acids is 2. The van der Waals surface area contributed by atoms with Crippen LogP contribution >= 0.6 is 0 Å². The quantitative estimate of drug-likeness (QED) is 0.0589. The highest BCUT2D eigenvalue weighted by atomic mass is 16.5. The predicted molar refractivity (Wildman–Crippen MR) is 196 cm³/mol. The van der Waals surface area contributed by atoms with Gasteiger partial charge in [-0.05, 0) is 43.9 Å². The molecule has 0 radical (unpaired) electrons. The molecule has 1 atom stereocenters. The van der Waals surface area contributed by atoms with Crippen LogP contribution in [0.4, 0.5) is 0 Å². The van der Waals surface area contributed by atoms with Gasteiger partial charge < -0.3 is 14.9 Å². The van der Waals surface area contributed by atoms with Crippen molar-refractivity contribution in [3.05, 3.63) is 0 Å². The molecule has 0 aromatic rings. The topological polar surface area (TPSA) is 101 Å². The molecule has 0 aliphatic carbocycles. The molecule has 1 unspecified atom stereocenters. The molecule has 276 valence electrons. The first kappa shape index (κ1) is 48.8. The molecular weight excluding hydrogens is 576 g/mol. The minimum Gasteiger partial charge on any atom is -0.481 e. The first-order valence-electron chi connectivity index (χ1n) is 19.6. The fourth-order valence-electron chi connectivity index (χ4n) is 5.04. The summed E-state index contributed by atoms with van der Waals surface area (Å²) in [7, 11) is 0. The van der Waals surface area contributed by atoms with E-state index in [1.54, 1.807) is 0 Å². The van der Waals surface area contributed by atoms with Crippen molar-refractivity contribution in [1.82, 2.24) is 0 Å². The summed E-state index contributed by atoms with van der Waals surface area (Å²) in [5.41, 5.74) is 0. The van der Waals surface area contributed by atoms with Gasteiger partial charge in [0.2, 0.25) is 0 Å². The molecule has 0 aliphatic rings. The van der Waals surface area contributed by atoms with Gasteiger partial charge in [-0.3, -0.25) is 14.4 Å². The van der Waals surface area contributed by atoms with E-state index >= 15 is 0 Å². The van der Waals surface area contributed by atoms with Gasteiger partial charge >= 0.3 is 17.9 Å². The number of rotatable bonds is 30. The Kier molecular flexibility index (Phi) is 42.0. The van der Waals surface area contributed by atoms with Crippen LogP contribution in [0.5, 0.6) is 0 Å². The van der Waals surface area contributed by atoms with E-state index in [2.05, 4.69) is 48.5 Å². The zero-order valence-electron chi connectivity index (χ0n) is 31.9. The summed E-state index contributed by atoms with van der Waals surface area (Å²) in [6.07, 6.45) is 29.2. The van der Waals surface area contributed by atoms with Gasteiger partial charge in [0.15, 0.2) is 0 Å². The van der Waals surface area contributed by atoms with Crippen molar-refractivity contribution in [1.29, 1.82) is 0 Å². The first-order chi connectivity index (χ1) is 22.0. The lowest BCUT2D eigenvalue weighted by Gasteiger charge is -2.13. The number of ether oxygens (including phenoxy) is 1. The molecule has 0 saturated heterocycles. The molecule has 0 aromatic carbocycles. The largest absolute Gasteiger partial charge is 0.481 e. The maximum Gasteiger partial charge on any atom is 0.306 e. The van der Waals surface area contributed by atoms with Gasteiger partial charge in [0.25, 0.3) is 0 Å². The standard InChI is InChI=1S/C17H34O2.C13H26O2.C10H20O2/c1-4-5-6-7-8-9-10-11-12-16(17(18)19)14-13-15(2)3;1-4-5-6-7-8-9-13(14)15-11-10-12(2)3;1-2-3-4-5-6-7-8-9-10(11)12/h15-16H,4-14H2,1-3H3,(H,18,19);12H,4-11H2,1-3H3;2-9H2,1H3,(H,11,12). The molecule has 0 rings (SSSR count). The van der Waals surface area contributed by atoms with Crippen LogP contribution in [0.2, 0.25) is 0 Å². The molecule has 0 fully saturated rings. The van der Waals surface area contributed by atoms with Crippen LogP contribution < -0.4 is 0 Å². The smallest absolute Gasteiger partial charge is 0.306 e. The van der Waals surface area contributed by atoms with Crippen LogP contribution in [0.3, 0.4) is 0 Å². The van der Waals surface area contributed by atoms with Crippen LogP contribution in [-0.2, 0) is 19.1 Å². The third kappa shape index (κ3) is 46.8. The van der Waals surface area contributed by atoms with Crippen LogP contribution in [-0.4, -0.2) is 34.7 Å². The Morgan fingerprint density at radius 2 is 0.870 bits per heavy atom. The Morgan fingerprint density at radius 1 is 0.478 bits per heavy atom. The Morgan fingerprint density at radius 3 is 1.26 bits per heavy atom. The van der Waals surface area contributed by atoms with Crippen molar-refractivity contribution in [3.8, 4) is 0 Å². The number of hydrogen-bond acceptors (Lipinski definition) is 4. The van der Waals surface area contributed by atoms with Crippen molar-refractivity contribution in [2.75, 3.05) is 6.61 Å². The molecule has 6 nitrogen and oxygen atoms in total. The van der Waals surface area contributed by atoms with Gasteiger partial charge in [0.05, 0.1) is 12.5 Å². The lowest BCUT2D eigenvalue weighted by molar-refractivity contribution is -0.144. The Hall–Kier alpha value is -1.59. The number of aliphatic carboxylic acids is 2. The van der Waals surface area contributed by atoms with E-state index in [4.69, 9.17) is 9.84 Å². The van der Waals surface area contributed by atoms with E-state index < -0.39 is 11.9 Å². The number of carboxylic acid groups (broad SMARTS) is 2. The number of hydrogen-bond donors (Lipinski definition) is 2. The average molecular weight is 657 g/mol. The van der Waals surface area contributed by atoms with Gasteiger partial charge in [0.1, 0.15) is 0 Å². The Bertz CT molecular complexity index is 646. The van der Waals surface area contributed by atoms with E-state index in [1.165, 1.54) is 96.3 Å². The summed E-state index contributed by atoms with van der Waals surface area (Å²) in [4.78, 5) is 32.5. The van der Waals surface area contributed by atoms with Crippen molar-refractivity contribution < 1.29 is 29.3 Å². The zero-order valence-corrected chi connectivity index (χ0v) is 31.9. The second kappa shape index (κ2) is 39.6. The predicted octanol–water partition coefficient (Wildman–Crippen LogP) is 12.8. The highest BCUT2D eigenvalue weighted by Gasteiger charge is 2.16. The summed E-state index contributed by atoms with van der Waals surface area (Å²) in [5, 5.41) is 17.5. The molecular formula is C40H80O6. The van der Waals surface area contributed by atoms with E-state index in [0.717, 1.165) is 57.8 Å². The molecule has 0 aromatic heterocycles. The summed E-state index contributed by atoms with van der Waals surface area (Å²) in [6.45, 7) is 15.8. The molecule has 2 N–H and O–H groups in total. The van der Waals surface area contributed by atoms with E-state index in [-0.39, 0.29) is 11.9 Å². The van der Waals surface area contributed by atoms with Crippen LogP contribution in [0.15, 0.2) is 0 Å². The number of carbonyl (C=O) groups excluding carboxylic acids is 1. The van der Waals surface area contributed by atoms with E-state index in [9.17, 15) is 19.5 Å². The molecule has 0 amide bonds. The molecule has 0 saturated carbocycles. The molecule has 0 heterocycles.